The summed E-state index contributed by atoms with van der Waals surface area (Å²) in [5, 5.41) is 16.9. The van der Waals surface area contributed by atoms with Gasteiger partial charge in [-0.05, 0) is 70.2 Å². The molecule has 3 N–H and O–H groups in total. The number of carbonyl (C=O) groups excluding carboxylic acids is 2. The molecule has 0 saturated heterocycles. The summed E-state index contributed by atoms with van der Waals surface area (Å²) in [5.74, 6) is -0.578. The lowest BCUT2D eigenvalue weighted by Crippen LogP contribution is -2.70. The number of benzene rings is 1. The smallest absolute Gasteiger partial charge is 0.270 e. The first-order chi connectivity index (χ1) is 16.6. The average Bonchev–Trinajstić information content (AvgIpc) is 2.81. The van der Waals surface area contributed by atoms with E-state index in [1.54, 1.807) is 12.1 Å². The van der Waals surface area contributed by atoms with E-state index in [2.05, 4.69) is 15.6 Å². The zero-order valence-corrected chi connectivity index (χ0v) is 20.4. The summed E-state index contributed by atoms with van der Waals surface area (Å²) in [7, 11) is 0. The van der Waals surface area contributed by atoms with E-state index in [0.717, 1.165) is 6.07 Å². The predicted octanol–water partition coefficient (Wildman–Crippen LogP) is 3.40. The second-order valence-electron chi connectivity index (χ2n) is 9.57. The van der Waals surface area contributed by atoms with Crippen LogP contribution in [0.4, 0.5) is 4.39 Å². The van der Waals surface area contributed by atoms with Crippen LogP contribution < -0.4 is 20.1 Å². The number of halogens is 2. The lowest BCUT2D eigenvalue weighted by molar-refractivity contribution is -0.132. The Hall–Kier alpha value is -2.91. The zero-order chi connectivity index (χ0) is 25.2. The number of nitrogens with one attached hydrogen (secondary N) is 2. The molecule has 2 aromatic rings. The fraction of sp³-hybridized carbons (Fsp3) is 0.480. The van der Waals surface area contributed by atoms with Crippen LogP contribution in [0.25, 0.3) is 0 Å². The van der Waals surface area contributed by atoms with Crippen LogP contribution in [0.2, 0.25) is 5.02 Å². The molecule has 8 nitrogen and oxygen atoms in total. The van der Waals surface area contributed by atoms with E-state index in [0.29, 0.717) is 37.9 Å². The van der Waals surface area contributed by atoms with Gasteiger partial charge in [0.2, 0.25) is 0 Å². The van der Waals surface area contributed by atoms with Crippen molar-refractivity contribution < 1.29 is 28.6 Å². The second-order valence-corrected chi connectivity index (χ2v) is 9.98. The van der Waals surface area contributed by atoms with Gasteiger partial charge in [-0.15, -0.1) is 0 Å². The van der Waals surface area contributed by atoms with E-state index in [1.807, 2.05) is 13.8 Å². The molecule has 10 heteroatoms. The Balaban J connectivity index is 1.32. The maximum atomic E-state index is 13.6. The fourth-order valence-corrected chi connectivity index (χ4v) is 4.97. The predicted molar refractivity (Wildman–Crippen MR) is 127 cm³/mol. The number of rotatable bonds is 8. The number of nitrogens with zero attached hydrogens (tertiary/aromatic N) is 1. The SMILES string of the molecule is CC(C)Oc1ccc(C(=O)NC23CCC(NC(=O)COc4ccc(Cl)c(F)c4)(CC2)[C@@H](O)C3)nc1. The number of fused-ring (bicyclic) bond motifs is 3. The minimum atomic E-state index is -0.836. The molecule has 5 rings (SSSR count). The average molecular weight is 506 g/mol. The molecule has 1 aromatic heterocycles. The molecule has 0 radical (unpaired) electrons. The standard InChI is InChI=1S/C25H29ClFN3O5/c1-15(2)35-17-4-6-20(28-13-17)23(33)30-24-7-9-25(10-8-24,21(31)12-24)29-22(32)14-34-16-3-5-18(26)19(27)11-16/h3-6,11,13,15,21,31H,7-10,12,14H2,1-2H3,(H,29,32)(H,30,33)/t21-,24?,25?/m0/s1. The van der Waals surface area contributed by atoms with Gasteiger partial charge in [0.15, 0.2) is 6.61 Å². The zero-order valence-electron chi connectivity index (χ0n) is 19.6. The van der Waals surface area contributed by atoms with E-state index >= 15 is 0 Å². The number of aliphatic hydroxyl groups excluding tert-OH is 1. The van der Waals surface area contributed by atoms with Crippen molar-refractivity contribution >= 4 is 23.4 Å². The van der Waals surface area contributed by atoms with Crippen molar-refractivity contribution in [2.75, 3.05) is 6.61 Å². The van der Waals surface area contributed by atoms with Gasteiger partial charge in [-0.25, -0.2) is 9.37 Å². The van der Waals surface area contributed by atoms with Gasteiger partial charge in [0.1, 0.15) is 23.0 Å². The molecule has 3 aliphatic rings. The van der Waals surface area contributed by atoms with Crippen LogP contribution in [0.1, 0.15) is 56.4 Å². The molecule has 0 aliphatic heterocycles. The Labute approximate surface area is 208 Å². The molecule has 1 aromatic carbocycles. The van der Waals surface area contributed by atoms with E-state index in [4.69, 9.17) is 21.1 Å². The highest BCUT2D eigenvalue weighted by Crippen LogP contribution is 2.47. The quantitative estimate of drug-likeness (QED) is 0.507. The fourth-order valence-electron chi connectivity index (χ4n) is 4.85. The molecule has 3 saturated carbocycles. The molecule has 0 spiro atoms. The molecule has 3 aliphatic carbocycles. The van der Waals surface area contributed by atoms with Crippen LogP contribution in [-0.2, 0) is 4.79 Å². The third-order valence-electron chi connectivity index (χ3n) is 6.69. The van der Waals surface area contributed by atoms with Gasteiger partial charge in [0.05, 0.1) is 29.0 Å². The third-order valence-corrected chi connectivity index (χ3v) is 7.00. The van der Waals surface area contributed by atoms with E-state index in [-0.39, 0.29) is 35.1 Å². The van der Waals surface area contributed by atoms with Gasteiger partial charge in [-0.2, -0.15) is 0 Å². The summed E-state index contributed by atoms with van der Waals surface area (Å²) in [5.41, 5.74) is -1.07. The Kier molecular flexibility index (Phi) is 7.19. The van der Waals surface area contributed by atoms with Crippen molar-refractivity contribution in [3.63, 3.8) is 0 Å². The van der Waals surface area contributed by atoms with Crippen LogP contribution >= 0.6 is 11.6 Å². The number of amides is 2. The number of hydrogen-bond acceptors (Lipinski definition) is 6. The lowest BCUT2D eigenvalue weighted by Gasteiger charge is -2.56. The molecule has 35 heavy (non-hydrogen) atoms. The third kappa shape index (κ3) is 5.67. The molecule has 2 amide bonds. The van der Waals surface area contributed by atoms with Gasteiger partial charge in [-0.1, -0.05) is 11.6 Å². The first-order valence-electron chi connectivity index (χ1n) is 11.6. The van der Waals surface area contributed by atoms with Crippen molar-refractivity contribution in [3.05, 3.63) is 53.1 Å². The van der Waals surface area contributed by atoms with Gasteiger partial charge >= 0.3 is 0 Å². The number of aromatic nitrogens is 1. The van der Waals surface area contributed by atoms with Crippen molar-refractivity contribution in [2.45, 2.75) is 69.2 Å². The number of pyridine rings is 1. The van der Waals surface area contributed by atoms with Gasteiger partial charge in [0.25, 0.3) is 11.8 Å². The second kappa shape index (κ2) is 9.99. The van der Waals surface area contributed by atoms with Crippen molar-refractivity contribution in [1.82, 2.24) is 15.6 Å². The highest BCUT2D eigenvalue weighted by molar-refractivity contribution is 6.30. The lowest BCUT2D eigenvalue weighted by atomic mass is 9.60. The van der Waals surface area contributed by atoms with Crippen molar-refractivity contribution in [1.29, 1.82) is 0 Å². The van der Waals surface area contributed by atoms with E-state index in [9.17, 15) is 19.1 Å². The number of hydrogen-bond donors (Lipinski definition) is 3. The molecule has 188 valence electrons. The molecule has 0 unspecified atom stereocenters. The Morgan fingerprint density at radius 1 is 1.17 bits per heavy atom. The summed E-state index contributed by atoms with van der Waals surface area (Å²) >= 11 is 5.66. The van der Waals surface area contributed by atoms with Crippen molar-refractivity contribution in [3.8, 4) is 11.5 Å². The first kappa shape index (κ1) is 25.2. The van der Waals surface area contributed by atoms with E-state index in [1.165, 1.54) is 18.3 Å². The van der Waals surface area contributed by atoms with Gasteiger partial charge in [-0.3, -0.25) is 9.59 Å². The van der Waals surface area contributed by atoms with Crippen LogP contribution in [-0.4, -0.2) is 51.8 Å². The molecule has 2 bridgehead atoms. The van der Waals surface area contributed by atoms with Crippen LogP contribution in [0, 0.1) is 5.82 Å². The highest BCUT2D eigenvalue weighted by Gasteiger charge is 2.55. The molecular formula is C25H29ClFN3O5. The first-order valence-corrected chi connectivity index (χ1v) is 12.0. The van der Waals surface area contributed by atoms with Crippen molar-refractivity contribution in [2.24, 2.45) is 0 Å². The molecule has 1 heterocycles. The Morgan fingerprint density at radius 2 is 1.89 bits per heavy atom. The van der Waals surface area contributed by atoms with Gasteiger partial charge in [0, 0.05) is 11.6 Å². The minimum Gasteiger partial charge on any atom is -0.489 e. The summed E-state index contributed by atoms with van der Waals surface area (Å²) in [6.07, 6.45) is 3.23. The van der Waals surface area contributed by atoms with E-state index < -0.39 is 28.9 Å². The summed E-state index contributed by atoms with van der Waals surface area (Å²) in [4.78, 5) is 29.6. The molecule has 3 fully saturated rings. The minimum absolute atomic E-state index is 0.00841. The Morgan fingerprint density at radius 3 is 2.49 bits per heavy atom. The monoisotopic (exact) mass is 505 g/mol. The summed E-state index contributed by atoms with van der Waals surface area (Å²) < 4.78 is 24.5. The summed E-state index contributed by atoms with van der Waals surface area (Å²) in [6.45, 7) is 3.50. The number of carbonyl (C=O) groups is 2. The van der Waals surface area contributed by atoms with Crippen LogP contribution in [0.5, 0.6) is 11.5 Å². The Bertz CT molecular complexity index is 1090. The van der Waals surface area contributed by atoms with Gasteiger partial charge < -0.3 is 25.2 Å². The number of aliphatic hydroxyl groups is 1. The topological polar surface area (TPSA) is 110 Å². The van der Waals surface area contributed by atoms with Crippen LogP contribution in [0.3, 0.4) is 0 Å². The van der Waals surface area contributed by atoms with Crippen LogP contribution in [0.15, 0.2) is 36.5 Å². The number of ether oxygens (including phenoxy) is 2. The largest absolute Gasteiger partial charge is 0.489 e. The normalized spacial score (nSPS) is 25.3. The molecule has 1 atom stereocenters. The maximum Gasteiger partial charge on any atom is 0.270 e. The maximum absolute atomic E-state index is 13.6. The highest BCUT2D eigenvalue weighted by atomic mass is 35.5. The summed E-state index contributed by atoms with van der Waals surface area (Å²) in [6, 6.07) is 7.26. The molecular weight excluding hydrogens is 477 g/mol.